The van der Waals surface area contributed by atoms with Crippen LogP contribution in [0.5, 0.6) is 0 Å². The predicted molar refractivity (Wildman–Crippen MR) is 80.7 cm³/mol. The average Bonchev–Trinajstić information content (AvgIpc) is 3.01. The Kier molecular flexibility index (Phi) is 3.84. The van der Waals surface area contributed by atoms with Crippen molar-refractivity contribution in [2.75, 3.05) is 5.32 Å². The minimum atomic E-state index is -0.496. The number of amides is 1. The number of carbonyl (C=O) groups excluding carboxylic acids is 1. The van der Waals surface area contributed by atoms with Crippen molar-refractivity contribution in [2.24, 2.45) is 0 Å². The maximum atomic E-state index is 13.1. The van der Waals surface area contributed by atoms with Gasteiger partial charge in [-0.1, -0.05) is 23.7 Å². The Morgan fingerprint density at radius 2 is 2.05 bits per heavy atom. The van der Waals surface area contributed by atoms with E-state index in [2.05, 4.69) is 15.4 Å². The summed E-state index contributed by atoms with van der Waals surface area (Å²) in [6.07, 6.45) is 2.92. The zero-order valence-electron chi connectivity index (χ0n) is 11.2. The summed E-state index contributed by atoms with van der Waals surface area (Å²) in [5, 5.41) is 6.83. The van der Waals surface area contributed by atoms with Crippen molar-refractivity contribution in [3.8, 4) is 5.69 Å². The summed E-state index contributed by atoms with van der Waals surface area (Å²) in [7, 11) is 0. The monoisotopic (exact) mass is 316 g/mol. The average molecular weight is 317 g/mol. The molecule has 0 radical (unpaired) electrons. The fourth-order valence-electron chi connectivity index (χ4n) is 1.98. The second kappa shape index (κ2) is 5.95. The summed E-state index contributed by atoms with van der Waals surface area (Å²) in [5.41, 5.74) is 1.39. The van der Waals surface area contributed by atoms with Gasteiger partial charge in [0.15, 0.2) is 0 Å². The maximum Gasteiger partial charge on any atom is 0.257 e. The molecular weight excluding hydrogens is 307 g/mol. The van der Waals surface area contributed by atoms with Crippen molar-refractivity contribution in [3.05, 3.63) is 71.5 Å². The number of aromatic nitrogens is 3. The standard InChI is InChI=1S/C15H10ClFN4O/c16-12-7-10(17)5-6-11(12)15(22)20-13-3-1-2-4-14(13)21-9-18-8-19-21/h1-9H,(H,20,22). The highest BCUT2D eigenvalue weighted by atomic mass is 35.5. The van der Waals surface area contributed by atoms with Crippen molar-refractivity contribution < 1.29 is 9.18 Å². The Labute approximate surface area is 130 Å². The third-order valence-corrected chi connectivity index (χ3v) is 3.31. The van der Waals surface area contributed by atoms with E-state index in [-0.39, 0.29) is 10.6 Å². The van der Waals surface area contributed by atoms with E-state index in [4.69, 9.17) is 11.6 Å². The fourth-order valence-corrected chi connectivity index (χ4v) is 2.23. The van der Waals surface area contributed by atoms with Gasteiger partial charge in [-0.2, -0.15) is 5.10 Å². The molecule has 1 amide bonds. The molecule has 110 valence electrons. The first-order valence-corrected chi connectivity index (χ1v) is 6.73. The molecule has 0 aliphatic heterocycles. The third-order valence-electron chi connectivity index (χ3n) is 2.99. The van der Waals surface area contributed by atoms with Gasteiger partial charge in [-0.05, 0) is 30.3 Å². The lowest BCUT2D eigenvalue weighted by Gasteiger charge is -2.11. The predicted octanol–water partition coefficient (Wildman–Crippen LogP) is 3.31. The molecule has 0 atom stereocenters. The molecule has 1 aromatic heterocycles. The summed E-state index contributed by atoms with van der Waals surface area (Å²) < 4.78 is 14.6. The molecule has 1 N–H and O–H groups in total. The highest BCUT2D eigenvalue weighted by Gasteiger charge is 2.13. The van der Waals surface area contributed by atoms with Gasteiger partial charge in [0.1, 0.15) is 18.5 Å². The first kappa shape index (κ1) is 14.2. The van der Waals surface area contributed by atoms with E-state index in [1.165, 1.54) is 29.5 Å². The van der Waals surface area contributed by atoms with Crippen molar-refractivity contribution in [1.29, 1.82) is 0 Å². The maximum absolute atomic E-state index is 13.1. The summed E-state index contributed by atoms with van der Waals surface area (Å²) in [6, 6.07) is 10.7. The number of hydrogen-bond acceptors (Lipinski definition) is 3. The lowest BCUT2D eigenvalue weighted by molar-refractivity contribution is 0.102. The van der Waals surface area contributed by atoms with Gasteiger partial charge < -0.3 is 5.32 Å². The number of para-hydroxylation sites is 2. The summed E-state index contributed by atoms with van der Waals surface area (Å²) in [5.74, 6) is -0.929. The summed E-state index contributed by atoms with van der Waals surface area (Å²) in [4.78, 5) is 16.2. The van der Waals surface area contributed by atoms with Gasteiger partial charge in [0.2, 0.25) is 0 Å². The molecule has 2 aromatic carbocycles. The lowest BCUT2D eigenvalue weighted by Crippen LogP contribution is -2.14. The van der Waals surface area contributed by atoms with Gasteiger partial charge >= 0.3 is 0 Å². The molecule has 5 nitrogen and oxygen atoms in total. The molecular formula is C15H10ClFN4O. The van der Waals surface area contributed by atoms with Crippen molar-refractivity contribution in [2.45, 2.75) is 0 Å². The van der Waals surface area contributed by atoms with E-state index in [9.17, 15) is 9.18 Å². The van der Waals surface area contributed by atoms with Gasteiger partial charge in [0, 0.05) is 0 Å². The van der Waals surface area contributed by atoms with Gasteiger partial charge in [-0.25, -0.2) is 14.1 Å². The first-order chi connectivity index (χ1) is 10.6. The van der Waals surface area contributed by atoms with Gasteiger partial charge in [-0.3, -0.25) is 4.79 Å². The molecule has 22 heavy (non-hydrogen) atoms. The van der Waals surface area contributed by atoms with E-state index in [0.29, 0.717) is 11.4 Å². The summed E-state index contributed by atoms with van der Waals surface area (Å²) >= 11 is 5.90. The fraction of sp³-hybridized carbons (Fsp3) is 0. The Morgan fingerprint density at radius 1 is 1.23 bits per heavy atom. The number of anilines is 1. The molecule has 3 rings (SSSR count). The topological polar surface area (TPSA) is 59.8 Å². The number of benzene rings is 2. The zero-order valence-corrected chi connectivity index (χ0v) is 12.0. The smallest absolute Gasteiger partial charge is 0.257 e. The third kappa shape index (κ3) is 2.82. The van der Waals surface area contributed by atoms with Gasteiger partial charge in [0.05, 0.1) is 22.0 Å². The van der Waals surface area contributed by atoms with Crippen molar-refractivity contribution >= 4 is 23.2 Å². The number of halogens is 2. The Balaban J connectivity index is 1.92. The quantitative estimate of drug-likeness (QED) is 0.806. The molecule has 1 heterocycles. The van der Waals surface area contributed by atoms with Crippen molar-refractivity contribution in [1.82, 2.24) is 14.8 Å². The number of hydrogen-bond donors (Lipinski definition) is 1. The minimum Gasteiger partial charge on any atom is -0.320 e. The highest BCUT2D eigenvalue weighted by Crippen LogP contribution is 2.22. The van der Waals surface area contributed by atoms with Crippen LogP contribution in [0.4, 0.5) is 10.1 Å². The molecule has 0 unspecified atom stereocenters. The highest BCUT2D eigenvalue weighted by molar-refractivity contribution is 6.34. The molecule has 0 saturated carbocycles. The SMILES string of the molecule is O=C(Nc1ccccc1-n1cncn1)c1ccc(F)cc1Cl. The molecule has 0 saturated heterocycles. The van der Waals surface area contributed by atoms with E-state index in [1.54, 1.807) is 18.2 Å². The van der Waals surface area contributed by atoms with Crippen LogP contribution in [0.2, 0.25) is 5.02 Å². The Bertz CT molecular complexity index is 820. The van der Waals surface area contributed by atoms with Crippen LogP contribution in [-0.4, -0.2) is 20.7 Å². The molecule has 3 aromatic rings. The number of nitrogens with zero attached hydrogens (tertiary/aromatic N) is 3. The van der Waals surface area contributed by atoms with E-state index in [0.717, 1.165) is 6.07 Å². The van der Waals surface area contributed by atoms with Crippen molar-refractivity contribution in [3.63, 3.8) is 0 Å². The second-order valence-electron chi connectivity index (χ2n) is 4.44. The van der Waals surface area contributed by atoms with Gasteiger partial charge in [0.25, 0.3) is 5.91 Å². The molecule has 7 heteroatoms. The van der Waals surface area contributed by atoms with Crippen LogP contribution in [0.15, 0.2) is 55.1 Å². The van der Waals surface area contributed by atoms with Crippen LogP contribution >= 0.6 is 11.6 Å². The second-order valence-corrected chi connectivity index (χ2v) is 4.84. The van der Waals surface area contributed by atoms with Crippen LogP contribution in [0.1, 0.15) is 10.4 Å². The van der Waals surface area contributed by atoms with Crippen LogP contribution in [0.25, 0.3) is 5.69 Å². The molecule has 0 aliphatic carbocycles. The van der Waals surface area contributed by atoms with Crippen LogP contribution < -0.4 is 5.32 Å². The zero-order chi connectivity index (χ0) is 15.5. The van der Waals surface area contributed by atoms with Crippen LogP contribution in [0.3, 0.4) is 0 Å². The van der Waals surface area contributed by atoms with Crippen LogP contribution in [-0.2, 0) is 0 Å². The van der Waals surface area contributed by atoms with Gasteiger partial charge in [-0.15, -0.1) is 0 Å². The minimum absolute atomic E-state index is 0.0516. The first-order valence-electron chi connectivity index (χ1n) is 6.35. The summed E-state index contributed by atoms with van der Waals surface area (Å²) in [6.45, 7) is 0. The van der Waals surface area contributed by atoms with E-state index < -0.39 is 11.7 Å². The number of nitrogens with one attached hydrogen (secondary N) is 1. The number of carbonyl (C=O) groups is 1. The largest absolute Gasteiger partial charge is 0.320 e. The molecule has 0 bridgehead atoms. The van der Waals surface area contributed by atoms with Crippen LogP contribution in [0, 0.1) is 5.82 Å². The molecule has 0 spiro atoms. The normalized spacial score (nSPS) is 10.5. The van der Waals surface area contributed by atoms with E-state index >= 15 is 0 Å². The van der Waals surface area contributed by atoms with E-state index in [1.807, 2.05) is 6.07 Å². The Morgan fingerprint density at radius 3 is 2.77 bits per heavy atom. The number of rotatable bonds is 3. The molecule has 0 fully saturated rings. The lowest BCUT2D eigenvalue weighted by atomic mass is 10.2. The molecule has 0 aliphatic rings. The Hall–Kier alpha value is -2.73.